The lowest BCUT2D eigenvalue weighted by atomic mass is 10.1. The average molecular weight is 227 g/mol. The second kappa shape index (κ2) is 5.22. The van der Waals surface area contributed by atoms with Crippen LogP contribution in [0.15, 0.2) is 18.2 Å². The van der Waals surface area contributed by atoms with E-state index in [1.54, 1.807) is 0 Å². The molecule has 0 aliphatic carbocycles. The minimum absolute atomic E-state index is 0.0374. The maximum absolute atomic E-state index is 10.2. The van der Waals surface area contributed by atoms with Gasteiger partial charge in [-0.2, -0.15) is 0 Å². The Bertz CT molecular complexity index is 379. The van der Waals surface area contributed by atoms with E-state index in [0.29, 0.717) is 5.56 Å². The number of aliphatic hydroxyl groups is 1. The van der Waals surface area contributed by atoms with Crippen LogP contribution in [0.25, 0.3) is 0 Å². The topological polar surface area (TPSA) is 99.0 Å². The van der Waals surface area contributed by atoms with Crippen molar-refractivity contribution in [3.8, 4) is 11.5 Å². The molecule has 1 rings (SSSR count). The van der Waals surface area contributed by atoms with E-state index in [0.717, 1.165) is 0 Å². The smallest absolute Gasteiger partial charge is 0.404 e. The predicted molar refractivity (Wildman–Crippen MR) is 55.6 cm³/mol. The third kappa shape index (κ3) is 3.03. The van der Waals surface area contributed by atoms with Crippen molar-refractivity contribution in [2.24, 2.45) is 0 Å². The van der Waals surface area contributed by atoms with E-state index in [9.17, 15) is 15.0 Å². The number of phenols is 1. The molecular weight excluding hydrogens is 214 g/mol. The largest absolute Gasteiger partial charge is 0.504 e. The van der Waals surface area contributed by atoms with Crippen LogP contribution in [0.3, 0.4) is 0 Å². The molecule has 0 bridgehead atoms. The molecule has 0 aliphatic heterocycles. The molecule has 6 nitrogen and oxygen atoms in total. The summed E-state index contributed by atoms with van der Waals surface area (Å²) in [5.74, 6) is 0.191. The summed E-state index contributed by atoms with van der Waals surface area (Å²) in [6.07, 6.45) is -2.18. The first-order valence-electron chi connectivity index (χ1n) is 4.56. The Morgan fingerprint density at radius 3 is 2.81 bits per heavy atom. The van der Waals surface area contributed by atoms with Crippen molar-refractivity contribution in [3.05, 3.63) is 23.8 Å². The summed E-state index contributed by atoms with van der Waals surface area (Å²) in [6, 6.07) is 4.31. The molecule has 1 amide bonds. The second-order valence-corrected chi connectivity index (χ2v) is 3.13. The normalized spacial score (nSPS) is 11.9. The molecule has 0 aromatic heterocycles. The summed E-state index contributed by atoms with van der Waals surface area (Å²) in [6.45, 7) is -0.122. The first-order valence-corrected chi connectivity index (χ1v) is 4.56. The van der Waals surface area contributed by atoms with Crippen molar-refractivity contribution in [2.45, 2.75) is 6.10 Å². The van der Waals surface area contributed by atoms with Gasteiger partial charge in [0.2, 0.25) is 0 Å². The molecule has 4 N–H and O–H groups in total. The average Bonchev–Trinajstić information content (AvgIpc) is 2.26. The van der Waals surface area contributed by atoms with Gasteiger partial charge in [-0.3, -0.25) is 0 Å². The minimum atomic E-state index is -1.20. The van der Waals surface area contributed by atoms with Crippen LogP contribution in [0.4, 0.5) is 4.79 Å². The highest BCUT2D eigenvalue weighted by Gasteiger charge is 2.11. The lowest BCUT2D eigenvalue weighted by Gasteiger charge is -2.12. The van der Waals surface area contributed by atoms with Crippen LogP contribution in [0.1, 0.15) is 11.7 Å². The fourth-order valence-corrected chi connectivity index (χ4v) is 1.20. The number of aromatic hydroxyl groups is 1. The third-order valence-corrected chi connectivity index (χ3v) is 2.04. The number of nitrogens with one attached hydrogen (secondary N) is 1. The van der Waals surface area contributed by atoms with E-state index in [4.69, 9.17) is 9.84 Å². The molecule has 1 atom stereocenters. The number of methoxy groups -OCH3 is 1. The number of rotatable bonds is 4. The first-order chi connectivity index (χ1) is 7.54. The van der Waals surface area contributed by atoms with Crippen molar-refractivity contribution in [2.75, 3.05) is 13.7 Å². The number of benzene rings is 1. The molecule has 6 heteroatoms. The molecule has 0 saturated heterocycles. The van der Waals surface area contributed by atoms with Gasteiger partial charge in [-0.25, -0.2) is 4.79 Å². The summed E-state index contributed by atoms with van der Waals surface area (Å²) in [5, 5.41) is 29.4. The van der Waals surface area contributed by atoms with Gasteiger partial charge in [-0.1, -0.05) is 6.07 Å². The Labute approximate surface area is 92.1 Å². The number of ether oxygens (including phenoxy) is 1. The summed E-state index contributed by atoms with van der Waals surface area (Å²) in [5.41, 5.74) is 0.461. The summed E-state index contributed by atoms with van der Waals surface area (Å²) in [7, 11) is 1.39. The molecule has 0 spiro atoms. The summed E-state index contributed by atoms with van der Waals surface area (Å²) < 4.78 is 4.86. The van der Waals surface area contributed by atoms with E-state index in [-0.39, 0.29) is 18.0 Å². The van der Waals surface area contributed by atoms with Crippen molar-refractivity contribution >= 4 is 6.09 Å². The van der Waals surface area contributed by atoms with Crippen molar-refractivity contribution in [1.29, 1.82) is 0 Å². The first kappa shape index (κ1) is 12.1. The molecule has 0 heterocycles. The SMILES string of the molecule is COc1cc(C(O)CNC(=O)O)ccc1O. The molecule has 0 radical (unpaired) electrons. The number of hydrogen-bond acceptors (Lipinski definition) is 4. The number of amides is 1. The molecule has 1 unspecified atom stereocenters. The van der Waals surface area contributed by atoms with Crippen LogP contribution < -0.4 is 10.1 Å². The summed E-state index contributed by atoms with van der Waals surface area (Å²) >= 11 is 0. The maximum Gasteiger partial charge on any atom is 0.404 e. The zero-order valence-electron chi connectivity index (χ0n) is 8.67. The van der Waals surface area contributed by atoms with Crippen molar-refractivity contribution < 1.29 is 24.9 Å². The van der Waals surface area contributed by atoms with Gasteiger partial charge in [0.25, 0.3) is 0 Å². The van der Waals surface area contributed by atoms with Gasteiger partial charge in [-0.05, 0) is 17.7 Å². The fraction of sp³-hybridized carbons (Fsp3) is 0.300. The monoisotopic (exact) mass is 227 g/mol. The van der Waals surface area contributed by atoms with Crippen molar-refractivity contribution in [3.63, 3.8) is 0 Å². The van der Waals surface area contributed by atoms with Gasteiger partial charge in [0.15, 0.2) is 11.5 Å². The predicted octanol–water partition coefficient (Wildman–Crippen LogP) is 0.702. The van der Waals surface area contributed by atoms with Crippen molar-refractivity contribution in [1.82, 2.24) is 5.32 Å². The number of aliphatic hydroxyl groups excluding tert-OH is 1. The van der Waals surface area contributed by atoms with E-state index in [1.807, 2.05) is 0 Å². The molecule has 0 saturated carbocycles. The van der Waals surface area contributed by atoms with Gasteiger partial charge in [0.05, 0.1) is 19.8 Å². The Hall–Kier alpha value is -1.95. The third-order valence-electron chi connectivity index (χ3n) is 2.04. The Balaban J connectivity index is 2.75. The number of carbonyl (C=O) groups is 1. The lowest BCUT2D eigenvalue weighted by Crippen LogP contribution is -2.26. The van der Waals surface area contributed by atoms with Gasteiger partial charge in [0, 0.05) is 0 Å². The highest BCUT2D eigenvalue weighted by molar-refractivity contribution is 5.64. The van der Waals surface area contributed by atoms with E-state index >= 15 is 0 Å². The molecule has 1 aromatic carbocycles. The van der Waals surface area contributed by atoms with E-state index < -0.39 is 12.2 Å². The van der Waals surface area contributed by atoms with Crippen LogP contribution in [0.2, 0.25) is 0 Å². The number of phenolic OH excluding ortho intramolecular Hbond substituents is 1. The number of carboxylic acid groups (broad SMARTS) is 1. The standard InChI is InChI=1S/C10H13NO5/c1-16-9-4-6(2-3-7(9)12)8(13)5-11-10(14)15/h2-4,8,11-13H,5H2,1H3,(H,14,15). The Kier molecular flexibility index (Phi) is 3.96. The zero-order chi connectivity index (χ0) is 12.1. The van der Waals surface area contributed by atoms with Crippen LogP contribution in [-0.2, 0) is 0 Å². The minimum Gasteiger partial charge on any atom is -0.504 e. The molecule has 0 aliphatic rings. The highest BCUT2D eigenvalue weighted by Crippen LogP contribution is 2.28. The summed E-state index contributed by atoms with van der Waals surface area (Å²) in [4.78, 5) is 10.2. The Morgan fingerprint density at radius 1 is 1.56 bits per heavy atom. The van der Waals surface area contributed by atoms with E-state index in [1.165, 1.54) is 25.3 Å². The van der Waals surface area contributed by atoms with Crippen LogP contribution >= 0.6 is 0 Å². The quantitative estimate of drug-likeness (QED) is 0.607. The zero-order valence-corrected chi connectivity index (χ0v) is 8.67. The van der Waals surface area contributed by atoms with Gasteiger partial charge < -0.3 is 25.4 Å². The Morgan fingerprint density at radius 2 is 2.25 bits per heavy atom. The van der Waals surface area contributed by atoms with Gasteiger partial charge >= 0.3 is 6.09 Å². The second-order valence-electron chi connectivity index (χ2n) is 3.13. The molecular formula is C10H13NO5. The van der Waals surface area contributed by atoms with Crippen LogP contribution in [-0.4, -0.2) is 35.1 Å². The van der Waals surface area contributed by atoms with E-state index in [2.05, 4.69) is 5.32 Å². The highest BCUT2D eigenvalue weighted by atomic mass is 16.5. The molecule has 0 fully saturated rings. The maximum atomic E-state index is 10.2. The fourth-order valence-electron chi connectivity index (χ4n) is 1.20. The van der Waals surface area contributed by atoms with Crippen LogP contribution in [0.5, 0.6) is 11.5 Å². The molecule has 1 aromatic rings. The van der Waals surface area contributed by atoms with Gasteiger partial charge in [-0.15, -0.1) is 0 Å². The lowest BCUT2D eigenvalue weighted by molar-refractivity contribution is 0.158. The number of hydrogen-bond donors (Lipinski definition) is 4. The van der Waals surface area contributed by atoms with Crippen LogP contribution in [0, 0.1) is 0 Å². The molecule has 16 heavy (non-hydrogen) atoms. The van der Waals surface area contributed by atoms with Gasteiger partial charge in [0.1, 0.15) is 0 Å². The molecule has 88 valence electrons.